The summed E-state index contributed by atoms with van der Waals surface area (Å²) in [5.74, 6) is 0.377. The second-order valence-electron chi connectivity index (χ2n) is 15.1. The number of allylic oxidation sites excluding steroid dienone is 7. The first-order valence-corrected chi connectivity index (χ1v) is 19.0. The molecule has 0 aliphatic heterocycles. The van der Waals surface area contributed by atoms with Gasteiger partial charge in [-0.2, -0.15) is 0 Å². The average molecular weight is 714 g/mol. The summed E-state index contributed by atoms with van der Waals surface area (Å²) in [4.78, 5) is 13.6. The van der Waals surface area contributed by atoms with Gasteiger partial charge >= 0.3 is 0 Å². The molecule has 268 valence electrons. The van der Waals surface area contributed by atoms with Crippen molar-refractivity contribution in [1.82, 2.24) is 14.5 Å². The zero-order valence-electron chi connectivity index (χ0n) is 31.4. The van der Waals surface area contributed by atoms with Crippen LogP contribution in [0.3, 0.4) is 0 Å². The fraction of sp³-hybridized carbons (Fsp3) is 0.120. The van der Waals surface area contributed by atoms with Gasteiger partial charge in [0.15, 0.2) is 0 Å². The van der Waals surface area contributed by atoms with Gasteiger partial charge in [-0.1, -0.05) is 91.0 Å². The summed E-state index contributed by atoms with van der Waals surface area (Å²) in [6.45, 7) is 6.84. The Kier molecular flexibility index (Phi) is 8.83. The van der Waals surface area contributed by atoms with Crippen LogP contribution in [0.2, 0.25) is 0 Å². The molecule has 1 atom stereocenters. The molecule has 0 fully saturated rings. The van der Waals surface area contributed by atoms with Crippen molar-refractivity contribution in [3.05, 3.63) is 200 Å². The van der Waals surface area contributed by atoms with Gasteiger partial charge in [-0.3, -0.25) is 9.97 Å². The predicted octanol–water partition coefficient (Wildman–Crippen LogP) is 13.1. The van der Waals surface area contributed by atoms with Crippen LogP contribution in [0.4, 0.5) is 28.4 Å². The van der Waals surface area contributed by atoms with Crippen LogP contribution in [0, 0.1) is 5.92 Å². The first-order chi connectivity index (χ1) is 26.9. The van der Waals surface area contributed by atoms with Crippen LogP contribution >= 0.6 is 0 Å². The molecule has 7 aromatic rings. The maximum absolute atomic E-state index is 4.49. The van der Waals surface area contributed by atoms with E-state index in [1.54, 1.807) is 0 Å². The van der Waals surface area contributed by atoms with Crippen molar-refractivity contribution in [1.29, 1.82) is 0 Å². The van der Waals surface area contributed by atoms with Crippen LogP contribution in [0.25, 0.3) is 33.3 Å². The van der Waals surface area contributed by atoms with Crippen LogP contribution in [0.1, 0.15) is 27.2 Å². The Morgan fingerprint density at radius 1 is 0.582 bits per heavy atom. The highest BCUT2D eigenvalue weighted by molar-refractivity contribution is 5.99. The maximum atomic E-state index is 4.49. The Morgan fingerprint density at radius 3 is 1.84 bits per heavy atom. The number of fused-ring (bicyclic) bond motifs is 2. The molecular weight excluding hydrogens is 671 g/mol. The highest BCUT2D eigenvalue weighted by Crippen LogP contribution is 2.42. The summed E-state index contributed by atoms with van der Waals surface area (Å²) in [5.41, 5.74) is 12.4. The molecule has 55 heavy (non-hydrogen) atoms. The molecule has 0 saturated carbocycles. The highest BCUT2D eigenvalue weighted by atomic mass is 15.2. The standard InChI is InChI=1S/C50H43N5/c1-50(2,3)55-46(38-22-26-40(27-23-38)53(42-16-10-32-51-34-42)48-20-8-14-36-12-4-6-18-44(36)48)30-31-47(55)39-24-28-41(29-25-39)54(43-17-11-33-52-35-43)49-21-9-15-37-13-5-7-19-45(37)49/h4-14,16-35,37H,15H2,1-3H3. The Bertz CT molecular complexity index is 2580. The molecule has 0 amide bonds. The van der Waals surface area contributed by atoms with E-state index in [1.165, 1.54) is 39.0 Å². The van der Waals surface area contributed by atoms with Crippen LogP contribution in [-0.4, -0.2) is 14.5 Å². The van der Waals surface area contributed by atoms with Gasteiger partial charge in [-0.15, -0.1) is 0 Å². The monoisotopic (exact) mass is 713 g/mol. The topological polar surface area (TPSA) is 37.2 Å². The maximum Gasteiger partial charge on any atom is 0.0645 e. The van der Waals surface area contributed by atoms with E-state index in [0.29, 0.717) is 5.92 Å². The zero-order valence-corrected chi connectivity index (χ0v) is 31.4. The predicted molar refractivity (Wildman–Crippen MR) is 229 cm³/mol. The third kappa shape index (κ3) is 6.48. The molecule has 3 aromatic heterocycles. The van der Waals surface area contributed by atoms with E-state index in [-0.39, 0.29) is 5.54 Å². The molecule has 0 radical (unpaired) electrons. The first-order valence-electron chi connectivity index (χ1n) is 19.0. The normalized spacial score (nSPS) is 15.0. The summed E-state index contributed by atoms with van der Waals surface area (Å²) in [6, 6.07) is 45.7. The zero-order chi connectivity index (χ0) is 37.4. The molecule has 2 aliphatic carbocycles. The number of nitrogens with zero attached hydrogens (tertiary/aromatic N) is 5. The summed E-state index contributed by atoms with van der Waals surface area (Å²) in [6.07, 6.45) is 22.0. The molecule has 5 nitrogen and oxygen atoms in total. The van der Waals surface area contributed by atoms with E-state index >= 15 is 0 Å². The minimum absolute atomic E-state index is 0.173. The van der Waals surface area contributed by atoms with Crippen molar-refractivity contribution in [2.24, 2.45) is 5.92 Å². The van der Waals surface area contributed by atoms with E-state index < -0.39 is 0 Å². The fourth-order valence-corrected chi connectivity index (χ4v) is 8.09. The SMILES string of the molecule is CC(C)(C)n1c(-c2ccc(N(C3=C4C=CC=CC4CC=C3)c3cccnc3)cc2)ccc1-c1ccc(N(c2cccnc2)c2cccc3ccccc23)cc1. The Labute approximate surface area is 323 Å². The van der Waals surface area contributed by atoms with Crippen molar-refractivity contribution < 1.29 is 0 Å². The number of rotatable bonds is 8. The summed E-state index contributed by atoms with van der Waals surface area (Å²) >= 11 is 0. The quantitative estimate of drug-likeness (QED) is 0.157. The second kappa shape index (κ2) is 14.3. The molecular formula is C50H43N5. The lowest BCUT2D eigenvalue weighted by molar-refractivity contribution is 0.407. The summed E-state index contributed by atoms with van der Waals surface area (Å²) < 4.78 is 2.47. The Balaban J connectivity index is 1.08. The number of anilines is 5. The smallest absolute Gasteiger partial charge is 0.0645 e. The molecule has 0 saturated heterocycles. The van der Waals surface area contributed by atoms with Gasteiger partial charge < -0.3 is 14.4 Å². The van der Waals surface area contributed by atoms with Gasteiger partial charge in [0.05, 0.1) is 29.5 Å². The fourth-order valence-electron chi connectivity index (χ4n) is 8.09. The summed E-state index contributed by atoms with van der Waals surface area (Å²) in [5, 5.41) is 2.40. The first kappa shape index (κ1) is 34.1. The molecule has 4 aromatic carbocycles. The van der Waals surface area contributed by atoms with E-state index in [1.807, 2.05) is 36.9 Å². The minimum atomic E-state index is -0.173. The average Bonchev–Trinajstić information content (AvgIpc) is 3.69. The molecule has 9 rings (SSSR count). The summed E-state index contributed by atoms with van der Waals surface area (Å²) in [7, 11) is 0. The third-order valence-electron chi connectivity index (χ3n) is 10.5. The van der Waals surface area contributed by atoms with Gasteiger partial charge in [0.2, 0.25) is 0 Å². The van der Waals surface area contributed by atoms with Gasteiger partial charge in [0.25, 0.3) is 0 Å². The number of hydrogen-bond donors (Lipinski definition) is 0. The molecule has 3 heterocycles. The van der Waals surface area contributed by atoms with Crippen molar-refractivity contribution >= 4 is 39.2 Å². The van der Waals surface area contributed by atoms with Gasteiger partial charge in [0.1, 0.15) is 0 Å². The van der Waals surface area contributed by atoms with E-state index in [4.69, 9.17) is 0 Å². The number of benzene rings is 4. The Hall–Kier alpha value is -6.72. The van der Waals surface area contributed by atoms with Crippen molar-refractivity contribution in [3.63, 3.8) is 0 Å². The van der Waals surface area contributed by atoms with Crippen molar-refractivity contribution in [2.45, 2.75) is 32.7 Å². The van der Waals surface area contributed by atoms with Crippen LogP contribution in [-0.2, 0) is 5.54 Å². The van der Waals surface area contributed by atoms with E-state index in [9.17, 15) is 0 Å². The largest absolute Gasteiger partial charge is 0.335 e. The number of hydrogen-bond acceptors (Lipinski definition) is 4. The molecule has 0 bridgehead atoms. The number of aromatic nitrogens is 3. The van der Waals surface area contributed by atoms with E-state index in [2.05, 4.69) is 197 Å². The second-order valence-corrected chi connectivity index (χ2v) is 15.1. The lowest BCUT2D eigenvalue weighted by Crippen LogP contribution is -2.23. The van der Waals surface area contributed by atoms with Crippen LogP contribution in [0.15, 0.2) is 200 Å². The van der Waals surface area contributed by atoms with E-state index in [0.717, 1.165) is 40.4 Å². The van der Waals surface area contributed by atoms with Crippen molar-refractivity contribution in [3.8, 4) is 22.5 Å². The molecule has 1 unspecified atom stereocenters. The lowest BCUT2D eigenvalue weighted by Gasteiger charge is -2.32. The molecule has 0 spiro atoms. The lowest BCUT2D eigenvalue weighted by atomic mass is 9.86. The minimum Gasteiger partial charge on any atom is -0.335 e. The number of pyridine rings is 2. The van der Waals surface area contributed by atoms with Gasteiger partial charge in [0, 0.05) is 57.7 Å². The van der Waals surface area contributed by atoms with Gasteiger partial charge in [-0.25, -0.2) is 0 Å². The van der Waals surface area contributed by atoms with Crippen molar-refractivity contribution in [2.75, 3.05) is 9.80 Å². The highest BCUT2D eigenvalue weighted by Gasteiger charge is 2.26. The molecule has 5 heteroatoms. The van der Waals surface area contributed by atoms with Crippen LogP contribution < -0.4 is 9.80 Å². The third-order valence-corrected chi connectivity index (χ3v) is 10.5. The Morgan fingerprint density at radius 2 is 1.20 bits per heavy atom. The molecule has 2 aliphatic rings. The molecule has 0 N–H and O–H groups in total. The van der Waals surface area contributed by atoms with Gasteiger partial charge in [-0.05, 0) is 122 Å². The van der Waals surface area contributed by atoms with Crippen LogP contribution in [0.5, 0.6) is 0 Å².